The highest BCUT2D eigenvalue weighted by Crippen LogP contribution is 2.31. The van der Waals surface area contributed by atoms with Crippen LogP contribution < -0.4 is 5.32 Å². The zero-order chi connectivity index (χ0) is 15.5. The van der Waals surface area contributed by atoms with Crippen molar-refractivity contribution in [3.05, 3.63) is 60.2 Å². The lowest BCUT2D eigenvalue weighted by Crippen LogP contribution is -2.10. The summed E-state index contributed by atoms with van der Waals surface area (Å²) < 4.78 is 4.64. The lowest BCUT2D eigenvalue weighted by atomic mass is 9.92. The minimum absolute atomic E-state index is 0.180. The van der Waals surface area contributed by atoms with Gasteiger partial charge in [-0.25, -0.2) is 9.78 Å². The number of carbonyl (C=O) groups excluding carboxylic acids is 1. The Morgan fingerprint density at radius 1 is 1.32 bits per heavy atom. The Labute approximate surface area is 128 Å². The molecule has 0 radical (unpaired) electrons. The van der Waals surface area contributed by atoms with E-state index in [1.165, 1.54) is 12.7 Å². The molecule has 3 aromatic rings. The van der Waals surface area contributed by atoms with Crippen molar-refractivity contribution in [3.63, 3.8) is 0 Å². The minimum Gasteiger partial charge on any atom is -0.453 e. The number of hydrogen-bond acceptors (Lipinski definition) is 3. The number of rotatable bonds is 3. The summed E-state index contributed by atoms with van der Waals surface area (Å²) in [5.74, 6) is 0.180. The largest absolute Gasteiger partial charge is 0.453 e. The van der Waals surface area contributed by atoms with Crippen molar-refractivity contribution in [1.29, 1.82) is 0 Å². The van der Waals surface area contributed by atoms with Gasteiger partial charge in [0.25, 0.3) is 0 Å². The van der Waals surface area contributed by atoms with E-state index in [1.54, 1.807) is 6.33 Å². The van der Waals surface area contributed by atoms with Crippen LogP contribution in [0.4, 0.5) is 10.5 Å². The predicted octanol–water partition coefficient (Wildman–Crippen LogP) is 3.89. The third-order valence-corrected chi connectivity index (χ3v) is 3.80. The summed E-state index contributed by atoms with van der Waals surface area (Å²) in [6.07, 6.45) is 3.04. The topological polar surface area (TPSA) is 67.0 Å². The van der Waals surface area contributed by atoms with Crippen molar-refractivity contribution < 1.29 is 9.53 Å². The Morgan fingerprint density at radius 2 is 2.18 bits per heavy atom. The number of amides is 1. The highest BCUT2D eigenvalue weighted by atomic mass is 16.5. The number of nitrogens with one attached hydrogen (secondary N) is 2. The van der Waals surface area contributed by atoms with Crippen LogP contribution >= 0.6 is 0 Å². The van der Waals surface area contributed by atoms with Crippen LogP contribution in [0.1, 0.15) is 24.1 Å². The number of carbonyl (C=O) groups is 1. The van der Waals surface area contributed by atoms with Gasteiger partial charge in [0.05, 0.1) is 13.4 Å². The highest BCUT2D eigenvalue weighted by molar-refractivity contribution is 5.93. The van der Waals surface area contributed by atoms with Crippen molar-refractivity contribution in [2.75, 3.05) is 12.4 Å². The number of anilines is 1. The molecule has 0 saturated heterocycles. The normalized spacial score (nSPS) is 12.1. The number of ether oxygens (including phenoxy) is 1. The van der Waals surface area contributed by atoms with Gasteiger partial charge in [-0.2, -0.15) is 0 Å². The fourth-order valence-electron chi connectivity index (χ4n) is 2.59. The number of methoxy groups -OCH3 is 1. The molecule has 1 unspecified atom stereocenters. The zero-order valence-corrected chi connectivity index (χ0v) is 12.5. The van der Waals surface area contributed by atoms with Gasteiger partial charge in [0.1, 0.15) is 0 Å². The van der Waals surface area contributed by atoms with E-state index in [0.717, 1.165) is 16.5 Å². The second kappa shape index (κ2) is 5.89. The van der Waals surface area contributed by atoms with Crippen LogP contribution in [0, 0.1) is 0 Å². The quantitative estimate of drug-likeness (QED) is 0.770. The van der Waals surface area contributed by atoms with Gasteiger partial charge >= 0.3 is 6.09 Å². The van der Waals surface area contributed by atoms with Gasteiger partial charge in [-0.3, -0.25) is 5.32 Å². The van der Waals surface area contributed by atoms with E-state index in [9.17, 15) is 4.79 Å². The molecule has 0 fully saturated rings. The maximum Gasteiger partial charge on any atom is 0.411 e. The molecule has 0 aliphatic carbocycles. The van der Waals surface area contributed by atoms with Crippen LogP contribution in [0.2, 0.25) is 0 Å². The van der Waals surface area contributed by atoms with Crippen molar-refractivity contribution >= 4 is 22.6 Å². The SMILES string of the molecule is COC(=O)Nc1ccc2cccc(C(C)c3cnc[nH]3)c2c1. The van der Waals surface area contributed by atoms with Gasteiger partial charge in [0, 0.05) is 23.5 Å². The lowest BCUT2D eigenvalue weighted by molar-refractivity contribution is 0.187. The predicted molar refractivity (Wildman–Crippen MR) is 86.1 cm³/mol. The number of benzene rings is 2. The molecule has 22 heavy (non-hydrogen) atoms. The molecule has 5 heteroatoms. The summed E-state index contributed by atoms with van der Waals surface area (Å²) in [6, 6.07) is 12.0. The third-order valence-electron chi connectivity index (χ3n) is 3.80. The van der Waals surface area contributed by atoms with Gasteiger partial charge in [-0.05, 0) is 28.5 Å². The Kier molecular flexibility index (Phi) is 3.78. The average Bonchev–Trinajstić information content (AvgIpc) is 3.08. The smallest absolute Gasteiger partial charge is 0.411 e. The fraction of sp³-hybridized carbons (Fsp3) is 0.176. The molecule has 0 saturated carbocycles. The highest BCUT2D eigenvalue weighted by Gasteiger charge is 2.13. The fourth-order valence-corrected chi connectivity index (χ4v) is 2.59. The Bertz CT molecular complexity index is 797. The number of hydrogen-bond donors (Lipinski definition) is 2. The van der Waals surface area contributed by atoms with Gasteiger partial charge in [-0.15, -0.1) is 0 Å². The van der Waals surface area contributed by atoms with Gasteiger partial charge in [-0.1, -0.05) is 31.2 Å². The molecule has 1 atom stereocenters. The molecule has 1 aromatic heterocycles. The van der Waals surface area contributed by atoms with Crippen LogP contribution in [-0.2, 0) is 4.74 Å². The van der Waals surface area contributed by atoms with Gasteiger partial charge < -0.3 is 9.72 Å². The molecule has 2 aromatic carbocycles. The second-order valence-corrected chi connectivity index (χ2v) is 5.13. The molecular formula is C17H17N3O2. The maximum absolute atomic E-state index is 11.4. The summed E-state index contributed by atoms with van der Waals surface area (Å²) in [5, 5.41) is 4.92. The van der Waals surface area contributed by atoms with E-state index in [0.29, 0.717) is 5.69 Å². The van der Waals surface area contributed by atoms with Crippen LogP contribution in [0.15, 0.2) is 48.9 Å². The first kappa shape index (κ1) is 14.1. The van der Waals surface area contributed by atoms with E-state index in [2.05, 4.69) is 39.1 Å². The average molecular weight is 295 g/mol. The number of imidazole rings is 1. The minimum atomic E-state index is -0.474. The van der Waals surface area contributed by atoms with Crippen molar-refractivity contribution in [1.82, 2.24) is 9.97 Å². The summed E-state index contributed by atoms with van der Waals surface area (Å²) in [5.41, 5.74) is 2.94. The van der Waals surface area contributed by atoms with E-state index < -0.39 is 6.09 Å². The molecule has 0 spiro atoms. The lowest BCUT2D eigenvalue weighted by Gasteiger charge is -2.14. The van der Waals surface area contributed by atoms with Crippen LogP contribution in [0.3, 0.4) is 0 Å². The van der Waals surface area contributed by atoms with Gasteiger partial charge in [0.15, 0.2) is 0 Å². The molecule has 1 heterocycles. The standard InChI is InChI=1S/C17H17N3O2/c1-11(16-9-18-10-19-16)14-5-3-4-12-6-7-13(8-15(12)14)20-17(21)22-2/h3-11H,1-2H3,(H,18,19)(H,20,21). The molecule has 1 amide bonds. The summed E-state index contributed by atoms with van der Waals surface area (Å²) in [6.45, 7) is 2.13. The van der Waals surface area contributed by atoms with E-state index >= 15 is 0 Å². The first-order valence-corrected chi connectivity index (χ1v) is 7.05. The summed E-state index contributed by atoms with van der Waals surface area (Å²) in [4.78, 5) is 18.6. The molecule has 3 rings (SSSR count). The Hall–Kier alpha value is -2.82. The van der Waals surface area contributed by atoms with E-state index in [-0.39, 0.29) is 5.92 Å². The third kappa shape index (κ3) is 2.65. The monoisotopic (exact) mass is 295 g/mol. The Morgan fingerprint density at radius 3 is 2.91 bits per heavy atom. The first-order chi connectivity index (χ1) is 10.7. The second-order valence-electron chi connectivity index (χ2n) is 5.13. The van der Waals surface area contributed by atoms with E-state index in [1.807, 2.05) is 30.5 Å². The van der Waals surface area contributed by atoms with Crippen molar-refractivity contribution in [2.45, 2.75) is 12.8 Å². The molecule has 112 valence electrons. The molecule has 5 nitrogen and oxygen atoms in total. The Balaban J connectivity index is 2.06. The van der Waals surface area contributed by atoms with Crippen LogP contribution in [0.5, 0.6) is 0 Å². The van der Waals surface area contributed by atoms with Crippen LogP contribution in [-0.4, -0.2) is 23.2 Å². The van der Waals surface area contributed by atoms with Crippen molar-refractivity contribution in [2.24, 2.45) is 0 Å². The van der Waals surface area contributed by atoms with Gasteiger partial charge in [0.2, 0.25) is 0 Å². The number of aromatic nitrogens is 2. The maximum atomic E-state index is 11.4. The summed E-state index contributed by atoms with van der Waals surface area (Å²) >= 11 is 0. The number of nitrogens with zero attached hydrogens (tertiary/aromatic N) is 1. The van der Waals surface area contributed by atoms with Crippen LogP contribution in [0.25, 0.3) is 10.8 Å². The summed E-state index contributed by atoms with van der Waals surface area (Å²) in [7, 11) is 1.35. The molecule has 0 aliphatic rings. The zero-order valence-electron chi connectivity index (χ0n) is 12.5. The molecular weight excluding hydrogens is 278 g/mol. The molecule has 2 N–H and O–H groups in total. The first-order valence-electron chi connectivity index (χ1n) is 7.05. The molecule has 0 bridgehead atoms. The number of fused-ring (bicyclic) bond motifs is 1. The number of aromatic amines is 1. The van der Waals surface area contributed by atoms with E-state index in [4.69, 9.17) is 0 Å². The van der Waals surface area contributed by atoms with Crippen molar-refractivity contribution in [3.8, 4) is 0 Å². The molecule has 0 aliphatic heterocycles. The number of H-pyrrole nitrogens is 1.